The number of alkyl halides is 2. The zero-order valence-electron chi connectivity index (χ0n) is 30.0. The van der Waals surface area contributed by atoms with Crippen LogP contribution in [0, 0.1) is 30.5 Å². The van der Waals surface area contributed by atoms with E-state index in [0.29, 0.717) is 28.3 Å². The van der Waals surface area contributed by atoms with Gasteiger partial charge < -0.3 is 14.6 Å². The Morgan fingerprint density at radius 3 is 2.20 bits per heavy atom. The van der Waals surface area contributed by atoms with Gasteiger partial charge in [0.1, 0.15) is 23.1 Å². The van der Waals surface area contributed by atoms with E-state index in [0.717, 1.165) is 28.2 Å². The molecule has 3 fully saturated rings. The molecule has 4 aromatic carbocycles. The standard InChI is InChI=1S/C43H35Cl2FN2O7/c1-23-5-4-6-32(37(23)49)36-30-18-19-31-35(33(30)22-42(44)40(52)48(41(53)43(36,42)45)28-15-11-26(46)12-16-28)39(51)47(38(31)50)27-13-8-24(9-14-27)7-10-25-21-29(54-2)17-20-34(25)55-3/h4-18,20-21,31,33,35-36,49H,19,22H2,1-3H3/t31-,33+,35-,36+,42+,43-/m0/s1. The number of amides is 4. The molecule has 280 valence electrons. The molecule has 0 unspecified atom stereocenters. The number of ether oxygens (including phenoxy) is 2. The van der Waals surface area contributed by atoms with Crippen molar-refractivity contribution in [2.75, 3.05) is 24.0 Å². The monoisotopic (exact) mass is 780 g/mol. The largest absolute Gasteiger partial charge is 0.507 e. The van der Waals surface area contributed by atoms with Crippen molar-refractivity contribution in [1.29, 1.82) is 0 Å². The summed E-state index contributed by atoms with van der Waals surface area (Å²) in [5.74, 6) is -5.52. The predicted octanol–water partition coefficient (Wildman–Crippen LogP) is 7.80. The molecule has 8 rings (SSSR count). The van der Waals surface area contributed by atoms with E-state index in [2.05, 4.69) is 0 Å². The number of benzene rings is 4. The molecule has 6 atom stereocenters. The first kappa shape index (κ1) is 36.5. The van der Waals surface area contributed by atoms with Crippen LogP contribution in [0.2, 0.25) is 0 Å². The highest BCUT2D eigenvalue weighted by Crippen LogP contribution is 2.66. The number of fused-ring (bicyclic) bond motifs is 4. The lowest BCUT2D eigenvalue weighted by Crippen LogP contribution is -2.60. The molecule has 0 bridgehead atoms. The van der Waals surface area contributed by atoms with Gasteiger partial charge in [-0.05, 0) is 91.4 Å². The molecule has 55 heavy (non-hydrogen) atoms. The Kier molecular flexibility index (Phi) is 8.89. The fourth-order valence-corrected chi connectivity index (χ4v) is 9.73. The number of aromatic hydroxyl groups is 1. The Morgan fingerprint density at radius 1 is 0.818 bits per heavy atom. The SMILES string of the molecule is COc1ccc(OC)c(C=Cc2ccc(N3C(=O)[C@H]4[C@H](CC=C5[C@H]4C[C@@]4(Cl)C(=O)N(c6ccc(F)cc6)C(=O)[C@@]4(Cl)[C@H]5c4cccc(C)c4O)C3=O)cc2)c1. The van der Waals surface area contributed by atoms with Gasteiger partial charge in [-0.3, -0.25) is 24.1 Å². The number of carbonyl (C=O) groups is 4. The topological polar surface area (TPSA) is 113 Å². The van der Waals surface area contributed by atoms with Crippen LogP contribution in [0.3, 0.4) is 0 Å². The van der Waals surface area contributed by atoms with Gasteiger partial charge in [0.05, 0.1) is 37.4 Å². The summed E-state index contributed by atoms with van der Waals surface area (Å²) < 4.78 is 24.8. The average molecular weight is 782 g/mol. The van der Waals surface area contributed by atoms with Gasteiger partial charge >= 0.3 is 0 Å². The summed E-state index contributed by atoms with van der Waals surface area (Å²) in [6, 6.07) is 22.3. The van der Waals surface area contributed by atoms with Crippen molar-refractivity contribution in [3.63, 3.8) is 0 Å². The van der Waals surface area contributed by atoms with Crippen LogP contribution in [0.15, 0.2) is 96.6 Å². The van der Waals surface area contributed by atoms with Gasteiger partial charge in [-0.2, -0.15) is 0 Å². The summed E-state index contributed by atoms with van der Waals surface area (Å²) in [4.78, 5) is 55.5. The fraction of sp³-hybridized carbons (Fsp3) is 0.256. The van der Waals surface area contributed by atoms with E-state index in [1.54, 1.807) is 69.7 Å². The highest BCUT2D eigenvalue weighted by molar-refractivity contribution is 6.58. The van der Waals surface area contributed by atoms with Crippen molar-refractivity contribution in [1.82, 2.24) is 0 Å². The van der Waals surface area contributed by atoms with Gasteiger partial charge in [-0.25, -0.2) is 9.29 Å². The van der Waals surface area contributed by atoms with E-state index in [4.69, 9.17) is 32.7 Å². The van der Waals surface area contributed by atoms with Crippen molar-refractivity contribution < 1.29 is 38.1 Å². The number of phenols is 1. The van der Waals surface area contributed by atoms with Crippen LogP contribution in [0.5, 0.6) is 17.2 Å². The number of nitrogens with zero attached hydrogens (tertiary/aromatic N) is 2. The van der Waals surface area contributed by atoms with E-state index < -0.39 is 62.9 Å². The van der Waals surface area contributed by atoms with Crippen LogP contribution >= 0.6 is 23.2 Å². The van der Waals surface area contributed by atoms with Crippen molar-refractivity contribution in [2.24, 2.45) is 17.8 Å². The van der Waals surface area contributed by atoms with Crippen molar-refractivity contribution in [3.05, 3.63) is 125 Å². The second-order valence-corrected chi connectivity index (χ2v) is 15.5. The van der Waals surface area contributed by atoms with Crippen LogP contribution in [0.25, 0.3) is 12.2 Å². The second-order valence-electron chi connectivity index (χ2n) is 14.3. The molecule has 2 saturated heterocycles. The lowest BCUT2D eigenvalue weighted by atomic mass is 9.56. The van der Waals surface area contributed by atoms with Gasteiger partial charge in [0.15, 0.2) is 9.75 Å². The molecule has 4 aliphatic rings. The molecule has 0 spiro atoms. The summed E-state index contributed by atoms with van der Waals surface area (Å²) in [7, 11) is 3.17. The molecule has 0 aromatic heterocycles. The quantitative estimate of drug-likeness (QED) is 0.0882. The number of anilines is 2. The highest BCUT2D eigenvalue weighted by Gasteiger charge is 2.77. The van der Waals surface area contributed by atoms with E-state index >= 15 is 0 Å². The molecular weight excluding hydrogens is 746 g/mol. The van der Waals surface area contributed by atoms with E-state index in [1.807, 2.05) is 30.4 Å². The van der Waals surface area contributed by atoms with Crippen LogP contribution < -0.4 is 19.3 Å². The second kappa shape index (κ2) is 13.4. The smallest absolute Gasteiger partial charge is 0.258 e. The molecule has 2 aliphatic heterocycles. The van der Waals surface area contributed by atoms with E-state index in [1.165, 1.54) is 17.0 Å². The first-order chi connectivity index (χ1) is 26.3. The fourth-order valence-electron chi connectivity index (χ4n) is 8.80. The van der Waals surface area contributed by atoms with Crippen LogP contribution in [-0.2, 0) is 19.2 Å². The van der Waals surface area contributed by atoms with Crippen molar-refractivity contribution >= 4 is 70.4 Å². The molecule has 4 amide bonds. The number of aryl methyl sites for hydroxylation is 1. The number of carbonyl (C=O) groups excluding carboxylic acids is 4. The average Bonchev–Trinajstić information content (AvgIpc) is 3.53. The number of allylic oxidation sites excluding steroid dienone is 2. The Balaban J connectivity index is 1.16. The van der Waals surface area contributed by atoms with Gasteiger partial charge in [-0.1, -0.05) is 54.1 Å². The molecule has 4 aromatic rings. The zero-order valence-corrected chi connectivity index (χ0v) is 31.5. The molecule has 0 radical (unpaired) electrons. The minimum absolute atomic E-state index is 0.0760. The molecular formula is C43H35Cl2FN2O7. The summed E-state index contributed by atoms with van der Waals surface area (Å²) >= 11 is 14.9. The molecule has 12 heteroatoms. The van der Waals surface area contributed by atoms with Gasteiger partial charge in [0.2, 0.25) is 11.8 Å². The van der Waals surface area contributed by atoms with Crippen molar-refractivity contribution in [2.45, 2.75) is 35.4 Å². The number of phenolic OH excluding ortho intramolecular Hbond substituents is 1. The van der Waals surface area contributed by atoms with Gasteiger partial charge in [0.25, 0.3) is 11.8 Å². The molecule has 2 aliphatic carbocycles. The highest BCUT2D eigenvalue weighted by atomic mass is 35.5. The molecule has 1 saturated carbocycles. The number of rotatable bonds is 7. The minimum atomic E-state index is -2.15. The first-order valence-corrected chi connectivity index (χ1v) is 18.5. The van der Waals surface area contributed by atoms with E-state index in [9.17, 15) is 28.7 Å². The predicted molar refractivity (Wildman–Crippen MR) is 207 cm³/mol. The number of hydrogen-bond donors (Lipinski definition) is 1. The summed E-state index contributed by atoms with van der Waals surface area (Å²) in [5, 5.41) is 11.4. The maximum Gasteiger partial charge on any atom is 0.258 e. The number of para-hydroxylation sites is 1. The minimum Gasteiger partial charge on any atom is -0.507 e. The maximum atomic E-state index is 14.6. The van der Waals surface area contributed by atoms with Gasteiger partial charge in [0, 0.05) is 17.0 Å². The molecule has 2 heterocycles. The normalized spacial score (nSPS) is 27.3. The maximum absolute atomic E-state index is 14.6. The summed E-state index contributed by atoms with van der Waals surface area (Å²) in [6.45, 7) is 1.69. The number of imide groups is 2. The lowest BCUT2D eigenvalue weighted by molar-refractivity contribution is -0.125. The van der Waals surface area contributed by atoms with Crippen LogP contribution in [0.1, 0.15) is 41.0 Å². The zero-order chi connectivity index (χ0) is 39.0. The van der Waals surface area contributed by atoms with E-state index in [-0.39, 0.29) is 29.8 Å². The summed E-state index contributed by atoms with van der Waals surface area (Å²) in [6.07, 6.45) is 5.49. The number of methoxy groups -OCH3 is 2. The Bertz CT molecular complexity index is 2350. The van der Waals surface area contributed by atoms with Crippen molar-refractivity contribution in [3.8, 4) is 17.2 Å². The van der Waals surface area contributed by atoms with Crippen LogP contribution in [-0.4, -0.2) is 52.7 Å². The third-order valence-electron chi connectivity index (χ3n) is 11.5. The Morgan fingerprint density at radius 2 is 1.51 bits per heavy atom. The Labute approximate surface area is 326 Å². The summed E-state index contributed by atoms with van der Waals surface area (Å²) in [5.41, 5.74) is 3.38. The van der Waals surface area contributed by atoms with Gasteiger partial charge in [-0.15, -0.1) is 23.2 Å². The third-order valence-corrected chi connectivity index (χ3v) is 12.9. The lowest BCUT2D eigenvalue weighted by Gasteiger charge is -2.50. The Hall–Kier alpha value is -5.45. The number of hydrogen-bond acceptors (Lipinski definition) is 7. The molecule has 1 N–H and O–H groups in total. The van der Waals surface area contributed by atoms with Crippen LogP contribution in [0.4, 0.5) is 15.8 Å². The molecule has 9 nitrogen and oxygen atoms in total. The number of halogens is 3. The first-order valence-electron chi connectivity index (χ1n) is 17.7. The third kappa shape index (κ3) is 5.40.